The number of methoxy groups -OCH3 is 1. The van der Waals surface area contributed by atoms with Gasteiger partial charge < -0.3 is 4.74 Å². The maximum Gasteiger partial charge on any atom is 0.339 e. The number of fused-ring (bicyclic) bond motifs is 1. The second-order valence-corrected chi connectivity index (χ2v) is 5.24. The molecule has 7 heteroatoms. The first-order valence-electron chi connectivity index (χ1n) is 6.10. The molecule has 6 nitrogen and oxygen atoms in total. The highest BCUT2D eigenvalue weighted by Gasteiger charge is 2.20. The van der Waals surface area contributed by atoms with Crippen LogP contribution < -0.4 is 5.56 Å². The fraction of sp³-hybridized carbons (Fsp3) is 0.143. The summed E-state index contributed by atoms with van der Waals surface area (Å²) < 4.78 is 6.64. The first-order valence-corrected chi connectivity index (χ1v) is 6.98. The number of nitrogens with zero attached hydrogens (tertiary/aromatic N) is 3. The van der Waals surface area contributed by atoms with E-state index in [4.69, 9.17) is 4.74 Å². The van der Waals surface area contributed by atoms with E-state index in [9.17, 15) is 9.59 Å². The number of esters is 1. The van der Waals surface area contributed by atoms with E-state index < -0.39 is 5.97 Å². The molecule has 3 aromatic heterocycles. The van der Waals surface area contributed by atoms with Crippen molar-refractivity contribution in [2.45, 2.75) is 0 Å². The first kappa shape index (κ1) is 13.4. The summed E-state index contributed by atoms with van der Waals surface area (Å²) in [5, 5.41) is 6.28. The summed E-state index contributed by atoms with van der Waals surface area (Å²) in [5.74, 6) is -0.523. The van der Waals surface area contributed by atoms with Crippen LogP contribution >= 0.6 is 11.3 Å². The average molecular weight is 301 g/mol. The summed E-state index contributed by atoms with van der Waals surface area (Å²) in [5.41, 5.74) is 1.44. The summed E-state index contributed by atoms with van der Waals surface area (Å²) in [6, 6.07) is 3.62. The van der Waals surface area contributed by atoms with E-state index >= 15 is 0 Å². The zero-order valence-corrected chi connectivity index (χ0v) is 12.2. The normalized spacial score (nSPS) is 10.8. The van der Waals surface area contributed by atoms with Gasteiger partial charge in [0.15, 0.2) is 0 Å². The Hall–Kier alpha value is -2.54. The molecule has 0 aliphatic rings. The minimum atomic E-state index is -0.523. The molecule has 0 fully saturated rings. The maximum absolute atomic E-state index is 12.3. The average Bonchev–Trinajstić information content (AvgIpc) is 2.96. The quantitative estimate of drug-likeness (QED) is 0.675. The fourth-order valence-corrected chi connectivity index (χ4v) is 3.14. The van der Waals surface area contributed by atoms with Crippen molar-refractivity contribution in [1.82, 2.24) is 14.8 Å². The molecule has 0 amide bonds. The van der Waals surface area contributed by atoms with Crippen molar-refractivity contribution in [1.29, 1.82) is 0 Å². The van der Waals surface area contributed by atoms with Gasteiger partial charge >= 0.3 is 5.97 Å². The number of carbonyl (C=O) groups is 1. The third-order valence-electron chi connectivity index (χ3n) is 3.12. The first-order chi connectivity index (χ1) is 10.1. The van der Waals surface area contributed by atoms with Gasteiger partial charge in [0.25, 0.3) is 5.56 Å². The molecule has 106 valence electrons. The molecule has 0 bridgehead atoms. The summed E-state index contributed by atoms with van der Waals surface area (Å²) >= 11 is 1.30. The minimum Gasteiger partial charge on any atom is -0.465 e. The van der Waals surface area contributed by atoms with Gasteiger partial charge in [0, 0.05) is 30.4 Å². The lowest BCUT2D eigenvalue weighted by Crippen LogP contribution is -2.21. The van der Waals surface area contributed by atoms with Crippen LogP contribution in [0, 0.1) is 0 Å². The summed E-state index contributed by atoms with van der Waals surface area (Å²) in [6.45, 7) is 0. The lowest BCUT2D eigenvalue weighted by atomic mass is 10.1. The summed E-state index contributed by atoms with van der Waals surface area (Å²) in [4.78, 5) is 28.1. The Morgan fingerprint density at radius 1 is 1.33 bits per heavy atom. The van der Waals surface area contributed by atoms with E-state index in [2.05, 4.69) is 10.1 Å². The highest BCUT2D eigenvalue weighted by molar-refractivity contribution is 7.18. The SMILES string of the molecule is COC(=O)c1csc2c(-c3ccncc3)nn(C)c(=O)c12. The third-order valence-corrected chi connectivity index (χ3v) is 4.11. The van der Waals surface area contributed by atoms with Gasteiger partial charge in [0.05, 0.1) is 22.8 Å². The van der Waals surface area contributed by atoms with E-state index in [0.29, 0.717) is 15.8 Å². The van der Waals surface area contributed by atoms with Crippen LogP contribution in [0.5, 0.6) is 0 Å². The molecule has 0 aliphatic carbocycles. The van der Waals surface area contributed by atoms with E-state index in [1.807, 2.05) is 12.1 Å². The van der Waals surface area contributed by atoms with Gasteiger partial charge in [-0.25, -0.2) is 9.48 Å². The molecule has 0 spiro atoms. The molecule has 0 aromatic carbocycles. The largest absolute Gasteiger partial charge is 0.465 e. The van der Waals surface area contributed by atoms with Crippen LogP contribution in [0.3, 0.4) is 0 Å². The Labute approximate surface area is 123 Å². The van der Waals surface area contributed by atoms with Crippen LogP contribution in [0.2, 0.25) is 0 Å². The van der Waals surface area contributed by atoms with Gasteiger partial charge in [-0.15, -0.1) is 11.3 Å². The molecular formula is C14H11N3O3S. The highest BCUT2D eigenvalue weighted by Crippen LogP contribution is 2.31. The van der Waals surface area contributed by atoms with Crippen LogP contribution in [0.25, 0.3) is 21.3 Å². The molecule has 0 saturated carbocycles. The molecule has 0 radical (unpaired) electrons. The predicted molar refractivity (Wildman–Crippen MR) is 79.4 cm³/mol. The molecule has 21 heavy (non-hydrogen) atoms. The number of aryl methyl sites for hydroxylation is 1. The number of hydrogen-bond donors (Lipinski definition) is 0. The smallest absolute Gasteiger partial charge is 0.339 e. The van der Waals surface area contributed by atoms with Crippen molar-refractivity contribution in [3.63, 3.8) is 0 Å². The van der Waals surface area contributed by atoms with Crippen LogP contribution in [-0.4, -0.2) is 27.8 Å². The Balaban J connectivity index is 2.39. The van der Waals surface area contributed by atoms with Crippen LogP contribution in [0.15, 0.2) is 34.7 Å². The topological polar surface area (TPSA) is 74.1 Å². The lowest BCUT2D eigenvalue weighted by molar-refractivity contribution is 0.0603. The van der Waals surface area contributed by atoms with Gasteiger partial charge in [0.1, 0.15) is 5.69 Å². The third kappa shape index (κ3) is 2.11. The molecule has 0 atom stereocenters. The highest BCUT2D eigenvalue weighted by atomic mass is 32.1. The molecule has 3 rings (SSSR count). The van der Waals surface area contributed by atoms with Gasteiger partial charge in [-0.1, -0.05) is 0 Å². The summed E-state index contributed by atoms with van der Waals surface area (Å²) in [6.07, 6.45) is 3.31. The van der Waals surface area contributed by atoms with E-state index in [1.54, 1.807) is 24.8 Å². The van der Waals surface area contributed by atoms with Gasteiger partial charge in [-0.3, -0.25) is 9.78 Å². The number of thiophene rings is 1. The molecule has 0 aliphatic heterocycles. The van der Waals surface area contributed by atoms with Crippen molar-refractivity contribution in [3.8, 4) is 11.3 Å². The molecular weight excluding hydrogens is 290 g/mol. The molecule has 3 aromatic rings. The fourth-order valence-electron chi connectivity index (χ4n) is 2.11. The Morgan fingerprint density at radius 3 is 2.71 bits per heavy atom. The van der Waals surface area contributed by atoms with Gasteiger partial charge in [0.2, 0.25) is 0 Å². The van der Waals surface area contributed by atoms with Crippen LogP contribution in [0.1, 0.15) is 10.4 Å². The van der Waals surface area contributed by atoms with Gasteiger partial charge in [-0.2, -0.15) is 5.10 Å². The van der Waals surface area contributed by atoms with E-state index in [1.165, 1.54) is 23.1 Å². The van der Waals surface area contributed by atoms with Crippen molar-refractivity contribution >= 4 is 27.4 Å². The Bertz CT molecular complexity index is 884. The number of pyridine rings is 1. The van der Waals surface area contributed by atoms with Crippen LogP contribution in [-0.2, 0) is 11.8 Å². The Kier molecular flexibility index (Phi) is 3.26. The second-order valence-electron chi connectivity index (χ2n) is 4.36. The van der Waals surface area contributed by atoms with Crippen LogP contribution in [0.4, 0.5) is 0 Å². The molecule has 3 heterocycles. The number of carbonyl (C=O) groups excluding carboxylic acids is 1. The van der Waals surface area contributed by atoms with Crippen molar-refractivity contribution < 1.29 is 9.53 Å². The number of hydrogen-bond acceptors (Lipinski definition) is 6. The molecule has 0 saturated heterocycles. The second kappa shape index (κ2) is 5.10. The lowest BCUT2D eigenvalue weighted by Gasteiger charge is -2.05. The number of aromatic nitrogens is 3. The molecule has 0 unspecified atom stereocenters. The zero-order chi connectivity index (χ0) is 15.0. The Morgan fingerprint density at radius 2 is 2.05 bits per heavy atom. The number of ether oxygens (including phenoxy) is 1. The number of rotatable bonds is 2. The van der Waals surface area contributed by atoms with E-state index in [-0.39, 0.29) is 11.1 Å². The monoisotopic (exact) mass is 301 g/mol. The standard InChI is InChI=1S/C14H11N3O3S/c1-17-13(18)10-9(14(19)20-2)7-21-12(10)11(16-17)8-3-5-15-6-4-8/h3-7H,1-2H3. The van der Waals surface area contributed by atoms with E-state index in [0.717, 1.165) is 5.56 Å². The van der Waals surface area contributed by atoms with Crippen molar-refractivity contribution in [2.24, 2.45) is 7.05 Å². The predicted octanol–water partition coefficient (Wildman–Crippen LogP) is 1.84. The minimum absolute atomic E-state index is 0.274. The summed E-state index contributed by atoms with van der Waals surface area (Å²) in [7, 11) is 2.85. The van der Waals surface area contributed by atoms with Crippen molar-refractivity contribution in [2.75, 3.05) is 7.11 Å². The molecule has 0 N–H and O–H groups in total. The van der Waals surface area contributed by atoms with Gasteiger partial charge in [-0.05, 0) is 12.1 Å². The maximum atomic E-state index is 12.3. The van der Waals surface area contributed by atoms with Crippen molar-refractivity contribution in [3.05, 3.63) is 45.8 Å². The zero-order valence-electron chi connectivity index (χ0n) is 11.4.